The van der Waals surface area contributed by atoms with Crippen molar-refractivity contribution in [2.45, 2.75) is 18.9 Å². The summed E-state index contributed by atoms with van der Waals surface area (Å²) in [7, 11) is 5.14. The summed E-state index contributed by atoms with van der Waals surface area (Å²) in [4.78, 5) is 7.98. The average Bonchev–Trinajstić information content (AvgIpc) is 2.73. The molecule has 29 heavy (non-hydrogen) atoms. The molecule has 0 spiro atoms. The van der Waals surface area contributed by atoms with Crippen molar-refractivity contribution in [2.24, 2.45) is 0 Å². The molecule has 2 unspecified atom stereocenters. The monoisotopic (exact) mass is 426 g/mol. The van der Waals surface area contributed by atoms with Crippen LogP contribution < -0.4 is 9.47 Å². The fourth-order valence-corrected chi connectivity index (χ4v) is 3.90. The summed E-state index contributed by atoms with van der Waals surface area (Å²) in [6.07, 6.45) is 1.77. The van der Waals surface area contributed by atoms with Gasteiger partial charge in [-0.05, 0) is 25.6 Å². The second-order valence-corrected chi connectivity index (χ2v) is 7.87. The predicted molar refractivity (Wildman–Crippen MR) is 112 cm³/mol. The van der Waals surface area contributed by atoms with Crippen molar-refractivity contribution in [3.05, 3.63) is 35.2 Å². The Morgan fingerprint density at radius 1 is 1.14 bits per heavy atom. The lowest BCUT2D eigenvalue weighted by Crippen LogP contribution is -2.61. The van der Waals surface area contributed by atoms with Crippen molar-refractivity contribution < 1.29 is 19.7 Å². The SMILES string of the molecule is COc1cc(Cl)ccc1OCCCN1CCN(C2C=C(O)N(C)C(O)N2C)CC1. The van der Waals surface area contributed by atoms with Gasteiger partial charge in [0.25, 0.3) is 0 Å². The first-order chi connectivity index (χ1) is 13.9. The summed E-state index contributed by atoms with van der Waals surface area (Å²) in [6, 6.07) is 5.37. The quantitative estimate of drug-likeness (QED) is 0.637. The molecule has 2 aliphatic heterocycles. The Labute approximate surface area is 177 Å². The van der Waals surface area contributed by atoms with Crippen LogP contribution in [-0.2, 0) is 0 Å². The first-order valence-corrected chi connectivity index (χ1v) is 10.2. The first kappa shape index (κ1) is 22.0. The summed E-state index contributed by atoms with van der Waals surface area (Å²) >= 11 is 5.98. The number of rotatable bonds is 7. The largest absolute Gasteiger partial charge is 0.495 e. The van der Waals surface area contributed by atoms with Gasteiger partial charge in [0, 0.05) is 56.9 Å². The summed E-state index contributed by atoms with van der Waals surface area (Å²) in [6.45, 7) is 5.20. The lowest BCUT2D eigenvalue weighted by molar-refractivity contribution is -0.143. The van der Waals surface area contributed by atoms with Crippen LogP contribution in [0.1, 0.15) is 6.42 Å². The number of nitrogens with zero attached hydrogens (tertiary/aromatic N) is 4. The van der Waals surface area contributed by atoms with E-state index < -0.39 is 6.35 Å². The number of likely N-dealkylation sites (N-methyl/N-ethyl adjacent to an activating group) is 1. The van der Waals surface area contributed by atoms with Crippen LogP contribution in [0.2, 0.25) is 5.02 Å². The molecule has 0 aromatic heterocycles. The minimum Gasteiger partial charge on any atom is -0.495 e. The second-order valence-electron chi connectivity index (χ2n) is 7.44. The predicted octanol–water partition coefficient (Wildman–Crippen LogP) is 1.61. The van der Waals surface area contributed by atoms with Crippen molar-refractivity contribution in [1.82, 2.24) is 19.6 Å². The fourth-order valence-electron chi connectivity index (χ4n) is 3.74. The van der Waals surface area contributed by atoms with Crippen LogP contribution in [0, 0.1) is 0 Å². The normalized spacial score (nSPS) is 24.4. The molecule has 2 atom stereocenters. The molecule has 162 valence electrons. The van der Waals surface area contributed by atoms with Gasteiger partial charge in [0.05, 0.1) is 19.9 Å². The van der Waals surface area contributed by atoms with Crippen LogP contribution in [0.15, 0.2) is 30.2 Å². The van der Waals surface area contributed by atoms with E-state index >= 15 is 0 Å². The smallest absolute Gasteiger partial charge is 0.189 e. The van der Waals surface area contributed by atoms with Crippen LogP contribution in [0.5, 0.6) is 11.5 Å². The highest BCUT2D eigenvalue weighted by Crippen LogP contribution is 2.30. The highest BCUT2D eigenvalue weighted by molar-refractivity contribution is 6.30. The summed E-state index contributed by atoms with van der Waals surface area (Å²) in [5.41, 5.74) is 0. The number of ether oxygens (including phenoxy) is 2. The summed E-state index contributed by atoms with van der Waals surface area (Å²) in [5, 5.41) is 20.9. The molecule has 0 bridgehead atoms. The molecule has 0 saturated carbocycles. The zero-order valence-corrected chi connectivity index (χ0v) is 18.0. The van der Waals surface area contributed by atoms with E-state index in [2.05, 4.69) is 9.80 Å². The number of hydrogen-bond acceptors (Lipinski definition) is 8. The molecular formula is C20H31ClN4O4. The van der Waals surface area contributed by atoms with E-state index in [0.717, 1.165) is 39.1 Å². The lowest BCUT2D eigenvalue weighted by Gasteiger charge is -2.46. The third kappa shape index (κ3) is 5.26. The van der Waals surface area contributed by atoms with Gasteiger partial charge >= 0.3 is 0 Å². The van der Waals surface area contributed by atoms with E-state index in [-0.39, 0.29) is 12.0 Å². The van der Waals surface area contributed by atoms with Gasteiger partial charge in [0.15, 0.2) is 23.7 Å². The Morgan fingerprint density at radius 2 is 1.86 bits per heavy atom. The van der Waals surface area contributed by atoms with Gasteiger partial charge in [-0.25, -0.2) is 4.90 Å². The highest BCUT2D eigenvalue weighted by Gasteiger charge is 2.34. The van der Waals surface area contributed by atoms with E-state index in [0.29, 0.717) is 23.1 Å². The summed E-state index contributed by atoms with van der Waals surface area (Å²) in [5.74, 6) is 1.46. The minimum absolute atomic E-state index is 0.107. The van der Waals surface area contributed by atoms with E-state index in [1.54, 1.807) is 32.4 Å². The third-order valence-electron chi connectivity index (χ3n) is 5.57. The molecule has 1 saturated heterocycles. The van der Waals surface area contributed by atoms with Crippen molar-refractivity contribution in [2.75, 3.05) is 60.5 Å². The number of hydrogen-bond donors (Lipinski definition) is 2. The molecule has 9 heteroatoms. The Kier molecular flexibility index (Phi) is 7.48. The van der Waals surface area contributed by atoms with Crippen molar-refractivity contribution >= 4 is 11.6 Å². The zero-order valence-electron chi connectivity index (χ0n) is 17.3. The van der Waals surface area contributed by atoms with Gasteiger partial charge in [-0.15, -0.1) is 0 Å². The standard InChI is InChI=1S/C20H31ClN4O4/c1-22-18(14-19(26)23(2)20(22)27)25-10-8-24(9-11-25)7-4-12-29-16-6-5-15(21)13-17(16)28-3/h5-6,13-14,18,20,26-27H,4,7-12H2,1-3H3. The van der Waals surface area contributed by atoms with Crippen molar-refractivity contribution in [3.8, 4) is 11.5 Å². The average molecular weight is 427 g/mol. The first-order valence-electron chi connectivity index (χ1n) is 9.87. The van der Waals surface area contributed by atoms with E-state index in [1.807, 2.05) is 18.0 Å². The molecule has 8 nitrogen and oxygen atoms in total. The van der Waals surface area contributed by atoms with Gasteiger partial charge < -0.3 is 29.5 Å². The molecule has 2 aliphatic rings. The Bertz CT molecular complexity index is 712. The van der Waals surface area contributed by atoms with Gasteiger partial charge in [-0.3, -0.25) is 4.90 Å². The lowest BCUT2D eigenvalue weighted by atomic mass is 10.2. The molecule has 0 radical (unpaired) electrons. The number of halogens is 1. The maximum absolute atomic E-state index is 10.2. The van der Waals surface area contributed by atoms with Crippen LogP contribution in [0.25, 0.3) is 0 Å². The Hall–Kier alpha value is -1.71. The molecule has 3 rings (SSSR count). The molecule has 1 aromatic carbocycles. The molecule has 0 aliphatic carbocycles. The molecule has 2 heterocycles. The molecular weight excluding hydrogens is 396 g/mol. The van der Waals surface area contributed by atoms with Gasteiger partial charge in [0.1, 0.15) is 0 Å². The van der Waals surface area contributed by atoms with Crippen LogP contribution in [-0.4, -0.2) is 103 Å². The van der Waals surface area contributed by atoms with Gasteiger partial charge in [-0.1, -0.05) is 11.6 Å². The van der Waals surface area contributed by atoms with Crippen LogP contribution in [0.4, 0.5) is 0 Å². The zero-order chi connectivity index (χ0) is 21.0. The van der Waals surface area contributed by atoms with Crippen LogP contribution in [0.3, 0.4) is 0 Å². The van der Waals surface area contributed by atoms with Gasteiger partial charge in [-0.2, -0.15) is 0 Å². The molecule has 2 N–H and O–H groups in total. The number of aliphatic hydroxyl groups excluding tert-OH is 2. The minimum atomic E-state index is -0.829. The Morgan fingerprint density at radius 3 is 2.55 bits per heavy atom. The number of benzene rings is 1. The third-order valence-corrected chi connectivity index (χ3v) is 5.81. The number of aliphatic hydroxyl groups is 2. The second kappa shape index (κ2) is 9.86. The summed E-state index contributed by atoms with van der Waals surface area (Å²) < 4.78 is 11.1. The van der Waals surface area contributed by atoms with E-state index in [9.17, 15) is 10.2 Å². The molecule has 1 fully saturated rings. The number of methoxy groups -OCH3 is 1. The topological polar surface area (TPSA) is 71.9 Å². The fraction of sp³-hybridized carbons (Fsp3) is 0.600. The highest BCUT2D eigenvalue weighted by atomic mass is 35.5. The van der Waals surface area contributed by atoms with E-state index in [4.69, 9.17) is 21.1 Å². The molecule has 0 amide bonds. The Balaban J connectivity index is 1.41. The van der Waals surface area contributed by atoms with Crippen molar-refractivity contribution in [3.63, 3.8) is 0 Å². The maximum atomic E-state index is 10.2. The molecule has 1 aromatic rings. The van der Waals surface area contributed by atoms with E-state index in [1.165, 1.54) is 4.90 Å². The van der Waals surface area contributed by atoms with Crippen LogP contribution >= 0.6 is 11.6 Å². The van der Waals surface area contributed by atoms with Gasteiger partial charge in [0.2, 0.25) is 0 Å². The maximum Gasteiger partial charge on any atom is 0.189 e. The van der Waals surface area contributed by atoms with Crippen molar-refractivity contribution in [1.29, 1.82) is 0 Å². The number of piperazine rings is 1.